The van der Waals surface area contributed by atoms with Crippen LogP contribution in [0.2, 0.25) is 5.02 Å². The summed E-state index contributed by atoms with van der Waals surface area (Å²) in [6.07, 6.45) is 0. The molecule has 5 heteroatoms. The number of amides is 1. The summed E-state index contributed by atoms with van der Waals surface area (Å²) in [4.78, 5) is 12.0. The Labute approximate surface area is 146 Å². The van der Waals surface area contributed by atoms with Crippen molar-refractivity contribution in [3.63, 3.8) is 0 Å². The van der Waals surface area contributed by atoms with Crippen LogP contribution in [0.15, 0.2) is 42.5 Å². The van der Waals surface area contributed by atoms with Crippen LogP contribution in [0.4, 0.5) is 0 Å². The van der Waals surface area contributed by atoms with Crippen LogP contribution in [0.25, 0.3) is 0 Å². The van der Waals surface area contributed by atoms with Crippen molar-refractivity contribution in [1.29, 1.82) is 0 Å². The van der Waals surface area contributed by atoms with E-state index in [9.17, 15) is 4.79 Å². The number of carbonyl (C=O) groups is 1. The predicted octanol–water partition coefficient (Wildman–Crippen LogP) is 4.21. The maximum Gasteiger partial charge on any atom is 0.230 e. The van der Waals surface area contributed by atoms with Gasteiger partial charge in [-0.2, -0.15) is 0 Å². The molecule has 122 valence electrons. The van der Waals surface area contributed by atoms with Crippen molar-refractivity contribution in [2.24, 2.45) is 0 Å². The third-order valence-corrected chi connectivity index (χ3v) is 4.69. The zero-order valence-electron chi connectivity index (χ0n) is 13.3. The Morgan fingerprint density at radius 3 is 2.74 bits per heavy atom. The van der Waals surface area contributed by atoms with E-state index < -0.39 is 0 Å². The van der Waals surface area contributed by atoms with Gasteiger partial charge in [0.2, 0.25) is 5.91 Å². The van der Waals surface area contributed by atoms with Gasteiger partial charge in [0.25, 0.3) is 0 Å². The number of nitrogens with one attached hydrogen (secondary N) is 1. The summed E-state index contributed by atoms with van der Waals surface area (Å²) in [7, 11) is 1.60. The molecule has 1 N–H and O–H groups in total. The molecule has 0 atom stereocenters. The zero-order valence-corrected chi connectivity index (χ0v) is 14.8. The van der Waals surface area contributed by atoms with Crippen LogP contribution in [0.1, 0.15) is 16.7 Å². The van der Waals surface area contributed by atoms with Crippen molar-refractivity contribution in [2.45, 2.75) is 19.2 Å². The van der Waals surface area contributed by atoms with E-state index in [4.69, 9.17) is 16.3 Å². The molecule has 2 aromatic carbocycles. The summed E-state index contributed by atoms with van der Waals surface area (Å²) < 4.78 is 5.27. The molecule has 23 heavy (non-hydrogen) atoms. The molecule has 0 radical (unpaired) electrons. The minimum atomic E-state index is 0.00520. The number of halogens is 1. The van der Waals surface area contributed by atoms with Gasteiger partial charge in [0, 0.05) is 22.9 Å². The maximum absolute atomic E-state index is 12.0. The topological polar surface area (TPSA) is 38.3 Å². The fourth-order valence-electron chi connectivity index (χ4n) is 2.16. The Kier molecular flexibility index (Phi) is 6.81. The number of carbonyl (C=O) groups excluding carboxylic acids is 1. The average Bonchev–Trinajstić information content (AvgIpc) is 2.55. The van der Waals surface area contributed by atoms with E-state index in [1.165, 1.54) is 11.1 Å². The van der Waals surface area contributed by atoms with E-state index in [0.29, 0.717) is 17.3 Å². The van der Waals surface area contributed by atoms with E-state index >= 15 is 0 Å². The summed E-state index contributed by atoms with van der Waals surface area (Å²) in [5, 5.41) is 3.53. The van der Waals surface area contributed by atoms with Gasteiger partial charge in [0.05, 0.1) is 12.9 Å². The number of ether oxygens (including phenoxy) is 1. The number of methoxy groups -OCH3 is 1. The molecule has 0 saturated heterocycles. The Morgan fingerprint density at radius 1 is 1.22 bits per heavy atom. The van der Waals surface area contributed by atoms with Gasteiger partial charge in [-0.1, -0.05) is 35.9 Å². The van der Waals surface area contributed by atoms with Gasteiger partial charge in [-0.05, 0) is 36.2 Å². The van der Waals surface area contributed by atoms with Gasteiger partial charge in [0.1, 0.15) is 5.75 Å². The number of hydrogen-bond donors (Lipinski definition) is 1. The van der Waals surface area contributed by atoms with Crippen LogP contribution in [-0.4, -0.2) is 18.8 Å². The molecular weight excluding hydrogens is 330 g/mol. The van der Waals surface area contributed by atoms with Crippen LogP contribution in [0, 0.1) is 6.92 Å². The molecule has 2 rings (SSSR count). The quantitative estimate of drug-likeness (QED) is 0.813. The summed E-state index contributed by atoms with van der Waals surface area (Å²) in [5.41, 5.74) is 3.39. The molecular formula is C18H20ClNO2S. The first-order chi connectivity index (χ1) is 11.1. The average molecular weight is 350 g/mol. The van der Waals surface area contributed by atoms with E-state index in [1.54, 1.807) is 37.1 Å². The maximum atomic E-state index is 12.0. The van der Waals surface area contributed by atoms with Crippen LogP contribution < -0.4 is 10.1 Å². The number of aryl methyl sites for hydroxylation is 1. The summed E-state index contributed by atoms with van der Waals surface area (Å²) in [6.45, 7) is 2.49. The lowest BCUT2D eigenvalue weighted by Crippen LogP contribution is -2.24. The lowest BCUT2D eigenvalue weighted by Gasteiger charge is -2.10. The van der Waals surface area contributed by atoms with Crippen molar-refractivity contribution in [1.82, 2.24) is 5.32 Å². The second kappa shape index (κ2) is 8.85. The van der Waals surface area contributed by atoms with Crippen molar-refractivity contribution in [3.05, 3.63) is 64.2 Å². The molecule has 0 aromatic heterocycles. The van der Waals surface area contributed by atoms with Gasteiger partial charge in [0.15, 0.2) is 0 Å². The van der Waals surface area contributed by atoms with Crippen molar-refractivity contribution < 1.29 is 9.53 Å². The molecule has 3 nitrogen and oxygen atoms in total. The molecule has 0 aliphatic rings. The van der Waals surface area contributed by atoms with Crippen molar-refractivity contribution in [2.75, 3.05) is 12.9 Å². The van der Waals surface area contributed by atoms with Crippen LogP contribution in [-0.2, 0) is 17.1 Å². The molecule has 0 spiro atoms. The van der Waals surface area contributed by atoms with E-state index in [0.717, 1.165) is 17.1 Å². The van der Waals surface area contributed by atoms with Gasteiger partial charge in [-0.3, -0.25) is 4.79 Å². The molecule has 2 aromatic rings. The number of thioether (sulfide) groups is 1. The Balaban J connectivity index is 1.79. The van der Waals surface area contributed by atoms with Gasteiger partial charge >= 0.3 is 0 Å². The predicted molar refractivity (Wildman–Crippen MR) is 97.2 cm³/mol. The lowest BCUT2D eigenvalue weighted by atomic mass is 10.1. The molecule has 0 heterocycles. The first-order valence-corrected chi connectivity index (χ1v) is 8.85. The molecule has 0 unspecified atom stereocenters. The molecule has 0 saturated carbocycles. The van der Waals surface area contributed by atoms with Crippen molar-refractivity contribution >= 4 is 29.3 Å². The second-order valence-electron chi connectivity index (χ2n) is 5.15. The fourth-order valence-corrected chi connectivity index (χ4v) is 3.28. The highest BCUT2D eigenvalue weighted by atomic mass is 35.5. The number of hydrogen-bond acceptors (Lipinski definition) is 3. The highest BCUT2D eigenvalue weighted by Crippen LogP contribution is 2.22. The SMILES string of the molecule is COc1ccc(Cl)cc1CNC(=O)CSCc1ccccc1C. The van der Waals surface area contributed by atoms with Crippen LogP contribution >= 0.6 is 23.4 Å². The van der Waals surface area contributed by atoms with Crippen LogP contribution in [0.3, 0.4) is 0 Å². The molecule has 0 aliphatic carbocycles. The minimum Gasteiger partial charge on any atom is -0.496 e. The van der Waals surface area contributed by atoms with E-state index in [-0.39, 0.29) is 5.91 Å². The first kappa shape index (κ1) is 17.7. The third kappa shape index (κ3) is 5.48. The molecule has 1 amide bonds. The lowest BCUT2D eigenvalue weighted by molar-refractivity contribution is -0.118. The Bertz CT molecular complexity index is 676. The van der Waals surface area contributed by atoms with Gasteiger partial charge in [-0.15, -0.1) is 11.8 Å². The largest absolute Gasteiger partial charge is 0.496 e. The van der Waals surface area contributed by atoms with Gasteiger partial charge < -0.3 is 10.1 Å². The monoisotopic (exact) mass is 349 g/mol. The smallest absolute Gasteiger partial charge is 0.230 e. The second-order valence-corrected chi connectivity index (χ2v) is 6.57. The Hall–Kier alpha value is -1.65. The van der Waals surface area contributed by atoms with Gasteiger partial charge in [-0.25, -0.2) is 0 Å². The highest BCUT2D eigenvalue weighted by Gasteiger charge is 2.07. The fraction of sp³-hybridized carbons (Fsp3) is 0.278. The summed E-state index contributed by atoms with van der Waals surface area (Å²) >= 11 is 7.59. The number of benzene rings is 2. The normalized spacial score (nSPS) is 10.4. The standard InChI is InChI=1S/C18H20ClNO2S/c1-13-5-3-4-6-14(13)11-23-12-18(21)20-10-15-9-16(19)7-8-17(15)22-2/h3-9H,10-12H2,1-2H3,(H,20,21). The minimum absolute atomic E-state index is 0.00520. The summed E-state index contributed by atoms with van der Waals surface area (Å²) in [6, 6.07) is 13.6. The molecule has 0 bridgehead atoms. The first-order valence-electron chi connectivity index (χ1n) is 7.31. The third-order valence-electron chi connectivity index (χ3n) is 3.47. The molecule has 0 fully saturated rings. The van der Waals surface area contributed by atoms with Crippen LogP contribution in [0.5, 0.6) is 5.75 Å². The Morgan fingerprint density at radius 2 is 2.00 bits per heavy atom. The number of rotatable bonds is 7. The molecule has 0 aliphatic heterocycles. The van der Waals surface area contributed by atoms with Crippen molar-refractivity contribution in [3.8, 4) is 5.75 Å². The van der Waals surface area contributed by atoms with E-state index in [2.05, 4.69) is 24.4 Å². The van der Waals surface area contributed by atoms with E-state index in [1.807, 2.05) is 12.1 Å². The summed E-state index contributed by atoms with van der Waals surface area (Å²) in [5.74, 6) is 1.99. The zero-order chi connectivity index (χ0) is 16.7. The highest BCUT2D eigenvalue weighted by molar-refractivity contribution is 7.99.